The molecule has 0 aliphatic carbocycles. The van der Waals surface area contributed by atoms with Crippen LogP contribution in [0.25, 0.3) is 0 Å². The van der Waals surface area contributed by atoms with Crippen LogP contribution >= 0.6 is 0 Å². The summed E-state index contributed by atoms with van der Waals surface area (Å²) in [6.45, 7) is 1.99. The average molecular weight is 275 g/mol. The van der Waals surface area contributed by atoms with E-state index in [1.54, 1.807) is 31.2 Å². The molecule has 20 heavy (non-hydrogen) atoms. The lowest BCUT2D eigenvalue weighted by Gasteiger charge is -2.08. The molecule has 0 unspecified atom stereocenters. The number of rotatable bonds is 5. The van der Waals surface area contributed by atoms with E-state index in [1.807, 2.05) is 0 Å². The minimum Gasteiger partial charge on any atom is -0.381 e. The molecular formula is C16H15F2NO. The van der Waals surface area contributed by atoms with Gasteiger partial charge in [0.1, 0.15) is 11.6 Å². The van der Waals surface area contributed by atoms with Gasteiger partial charge in [-0.3, -0.25) is 4.79 Å². The summed E-state index contributed by atoms with van der Waals surface area (Å²) in [6.07, 6.45) is 0.460. The van der Waals surface area contributed by atoms with Crippen LogP contribution in [0.3, 0.4) is 0 Å². The highest BCUT2D eigenvalue weighted by Gasteiger charge is 2.05. The summed E-state index contributed by atoms with van der Waals surface area (Å²) in [5.74, 6) is -0.837. The zero-order valence-electron chi connectivity index (χ0n) is 11.1. The van der Waals surface area contributed by atoms with Gasteiger partial charge in [0.05, 0.1) is 0 Å². The van der Waals surface area contributed by atoms with E-state index in [0.29, 0.717) is 12.0 Å². The van der Waals surface area contributed by atoms with E-state index < -0.39 is 11.6 Å². The molecule has 0 fully saturated rings. The van der Waals surface area contributed by atoms with Crippen LogP contribution in [0.1, 0.15) is 29.3 Å². The Bertz CT molecular complexity index is 608. The number of hydrogen-bond acceptors (Lipinski definition) is 2. The third-order valence-corrected chi connectivity index (χ3v) is 3.02. The highest BCUT2D eigenvalue weighted by molar-refractivity contribution is 5.96. The predicted octanol–water partition coefficient (Wildman–Crippen LogP) is 4.17. The first kappa shape index (κ1) is 14.2. The third kappa shape index (κ3) is 3.41. The highest BCUT2D eigenvalue weighted by Crippen LogP contribution is 2.15. The zero-order valence-corrected chi connectivity index (χ0v) is 11.1. The Hall–Kier alpha value is -2.23. The van der Waals surface area contributed by atoms with Crippen molar-refractivity contribution in [1.29, 1.82) is 0 Å². The molecule has 0 heterocycles. The third-order valence-electron chi connectivity index (χ3n) is 3.02. The Morgan fingerprint density at radius 2 is 1.80 bits per heavy atom. The zero-order chi connectivity index (χ0) is 14.5. The summed E-state index contributed by atoms with van der Waals surface area (Å²) >= 11 is 0. The largest absolute Gasteiger partial charge is 0.381 e. The van der Waals surface area contributed by atoms with Crippen LogP contribution in [-0.4, -0.2) is 5.78 Å². The van der Waals surface area contributed by atoms with Crippen molar-refractivity contribution in [2.45, 2.75) is 19.9 Å². The van der Waals surface area contributed by atoms with Gasteiger partial charge >= 0.3 is 0 Å². The maximum atomic E-state index is 13.4. The van der Waals surface area contributed by atoms with Crippen molar-refractivity contribution in [1.82, 2.24) is 0 Å². The molecule has 4 heteroatoms. The van der Waals surface area contributed by atoms with Gasteiger partial charge in [0.25, 0.3) is 0 Å². The predicted molar refractivity (Wildman–Crippen MR) is 74.7 cm³/mol. The molecule has 0 spiro atoms. The molecule has 0 amide bonds. The number of halogens is 2. The Kier molecular flexibility index (Phi) is 4.45. The van der Waals surface area contributed by atoms with E-state index in [4.69, 9.17) is 0 Å². The molecule has 0 saturated heterocycles. The maximum absolute atomic E-state index is 13.4. The van der Waals surface area contributed by atoms with Gasteiger partial charge < -0.3 is 5.32 Å². The van der Waals surface area contributed by atoms with Gasteiger partial charge in [0.2, 0.25) is 0 Å². The smallest absolute Gasteiger partial charge is 0.162 e. The van der Waals surface area contributed by atoms with Crippen molar-refractivity contribution in [3.05, 3.63) is 65.2 Å². The standard InChI is InChI=1S/C16H15F2NO/c1-2-16(20)11-3-6-14(7-4-11)19-10-12-9-13(17)5-8-15(12)18/h3-9,19H,2,10H2,1H3. The van der Waals surface area contributed by atoms with Crippen molar-refractivity contribution in [3.63, 3.8) is 0 Å². The van der Waals surface area contributed by atoms with Crippen LogP contribution in [0, 0.1) is 11.6 Å². The molecule has 2 rings (SSSR count). The molecular weight excluding hydrogens is 260 g/mol. The number of carbonyl (C=O) groups excluding carboxylic acids is 1. The second-order valence-corrected chi connectivity index (χ2v) is 4.44. The second-order valence-electron chi connectivity index (χ2n) is 4.44. The first-order valence-corrected chi connectivity index (χ1v) is 6.41. The van der Waals surface area contributed by atoms with Crippen LogP contribution < -0.4 is 5.32 Å². The summed E-state index contributed by atoms with van der Waals surface area (Å²) in [5, 5.41) is 3.00. The molecule has 104 valence electrons. The molecule has 2 nitrogen and oxygen atoms in total. The molecule has 0 atom stereocenters. The fourth-order valence-electron chi connectivity index (χ4n) is 1.85. The SMILES string of the molecule is CCC(=O)c1ccc(NCc2cc(F)ccc2F)cc1. The number of ketones is 1. The molecule has 0 radical (unpaired) electrons. The van der Waals surface area contributed by atoms with Crippen LogP contribution in [0.2, 0.25) is 0 Å². The fourth-order valence-corrected chi connectivity index (χ4v) is 1.85. The van der Waals surface area contributed by atoms with E-state index in [0.717, 1.165) is 23.9 Å². The lowest BCUT2D eigenvalue weighted by Crippen LogP contribution is -2.03. The van der Waals surface area contributed by atoms with Crippen molar-refractivity contribution in [3.8, 4) is 0 Å². The molecule has 2 aromatic carbocycles. The van der Waals surface area contributed by atoms with E-state index in [2.05, 4.69) is 5.32 Å². The summed E-state index contributed by atoms with van der Waals surface area (Å²) in [6, 6.07) is 10.3. The van der Waals surface area contributed by atoms with Gasteiger partial charge in [0, 0.05) is 29.8 Å². The van der Waals surface area contributed by atoms with Crippen molar-refractivity contribution < 1.29 is 13.6 Å². The van der Waals surface area contributed by atoms with E-state index >= 15 is 0 Å². The van der Waals surface area contributed by atoms with Crippen LogP contribution in [0.15, 0.2) is 42.5 Å². The van der Waals surface area contributed by atoms with Gasteiger partial charge in [-0.15, -0.1) is 0 Å². The number of benzene rings is 2. The van der Waals surface area contributed by atoms with Crippen molar-refractivity contribution in [2.75, 3.05) is 5.32 Å². The molecule has 0 bridgehead atoms. The molecule has 0 saturated carbocycles. The minimum atomic E-state index is -0.466. The van der Waals surface area contributed by atoms with Gasteiger partial charge in [-0.2, -0.15) is 0 Å². The van der Waals surface area contributed by atoms with Crippen LogP contribution in [-0.2, 0) is 6.54 Å². The summed E-state index contributed by atoms with van der Waals surface area (Å²) in [7, 11) is 0. The fraction of sp³-hybridized carbons (Fsp3) is 0.188. The lowest BCUT2D eigenvalue weighted by atomic mass is 10.1. The Morgan fingerprint density at radius 1 is 1.10 bits per heavy atom. The van der Waals surface area contributed by atoms with Gasteiger partial charge in [-0.1, -0.05) is 6.92 Å². The molecule has 0 aliphatic rings. The van der Waals surface area contributed by atoms with Crippen LogP contribution in [0.5, 0.6) is 0 Å². The Labute approximate surface area is 116 Å². The molecule has 2 aromatic rings. The molecule has 1 N–H and O–H groups in total. The first-order valence-electron chi connectivity index (χ1n) is 6.41. The van der Waals surface area contributed by atoms with Crippen LogP contribution in [0.4, 0.5) is 14.5 Å². The first-order chi connectivity index (χ1) is 9.60. The normalized spacial score (nSPS) is 10.3. The van der Waals surface area contributed by atoms with Crippen molar-refractivity contribution in [2.24, 2.45) is 0 Å². The Balaban J connectivity index is 2.04. The second kappa shape index (κ2) is 6.28. The number of anilines is 1. The van der Waals surface area contributed by atoms with Crippen molar-refractivity contribution >= 4 is 11.5 Å². The number of hydrogen-bond donors (Lipinski definition) is 1. The summed E-state index contributed by atoms with van der Waals surface area (Å²) in [5.41, 5.74) is 1.66. The van der Waals surface area contributed by atoms with E-state index in [9.17, 15) is 13.6 Å². The van der Waals surface area contributed by atoms with Gasteiger partial charge in [0.15, 0.2) is 5.78 Å². The van der Waals surface area contributed by atoms with E-state index in [1.165, 1.54) is 0 Å². The Morgan fingerprint density at radius 3 is 2.45 bits per heavy atom. The maximum Gasteiger partial charge on any atom is 0.162 e. The summed E-state index contributed by atoms with van der Waals surface area (Å²) < 4.78 is 26.5. The number of Topliss-reactive ketones (excluding diaryl/α,β-unsaturated/α-hetero) is 1. The number of nitrogens with one attached hydrogen (secondary N) is 1. The quantitative estimate of drug-likeness (QED) is 0.830. The van der Waals surface area contributed by atoms with Gasteiger partial charge in [-0.05, 0) is 42.5 Å². The van der Waals surface area contributed by atoms with Gasteiger partial charge in [-0.25, -0.2) is 8.78 Å². The highest BCUT2D eigenvalue weighted by atomic mass is 19.1. The molecule has 0 aliphatic heterocycles. The number of carbonyl (C=O) groups is 1. The lowest BCUT2D eigenvalue weighted by molar-refractivity contribution is 0.0988. The monoisotopic (exact) mass is 275 g/mol. The average Bonchev–Trinajstić information content (AvgIpc) is 2.48. The topological polar surface area (TPSA) is 29.1 Å². The molecule has 0 aromatic heterocycles. The minimum absolute atomic E-state index is 0.0766. The van der Waals surface area contributed by atoms with E-state index in [-0.39, 0.29) is 17.9 Å². The summed E-state index contributed by atoms with van der Waals surface area (Å²) in [4.78, 5) is 11.5.